The molecule has 0 fully saturated rings. The summed E-state index contributed by atoms with van der Waals surface area (Å²) >= 11 is 1.62. The molecule has 0 unspecified atom stereocenters. The molecule has 1 aliphatic rings. The molecule has 1 heterocycles. The summed E-state index contributed by atoms with van der Waals surface area (Å²) in [6.07, 6.45) is 6.24. The van der Waals surface area contributed by atoms with Gasteiger partial charge in [-0.05, 0) is 39.5 Å². The number of fused-ring (bicyclic) bond motifs is 1. The van der Waals surface area contributed by atoms with E-state index in [0.717, 1.165) is 23.5 Å². The number of nitrogens with zero attached hydrogens (tertiary/aromatic N) is 1. The molecule has 0 atom stereocenters. The van der Waals surface area contributed by atoms with Crippen LogP contribution in [-0.4, -0.2) is 10.9 Å². The van der Waals surface area contributed by atoms with Crippen molar-refractivity contribution in [1.29, 1.82) is 0 Å². The van der Waals surface area contributed by atoms with Crippen LogP contribution in [0.5, 0.6) is 0 Å². The Balaban J connectivity index is 0.00000144. The van der Waals surface area contributed by atoms with Gasteiger partial charge < -0.3 is 0 Å². The van der Waals surface area contributed by atoms with E-state index in [-0.39, 0.29) is 18.3 Å². The van der Waals surface area contributed by atoms with Crippen molar-refractivity contribution in [1.82, 2.24) is 4.98 Å². The van der Waals surface area contributed by atoms with E-state index in [4.69, 9.17) is 0 Å². The Kier molecular flexibility index (Phi) is 5.15. The number of nitrogens with one attached hydrogen (secondary N) is 1. The van der Waals surface area contributed by atoms with E-state index in [1.54, 1.807) is 17.4 Å². The fourth-order valence-corrected chi connectivity index (χ4v) is 2.86. The molecular weight excluding hydrogens is 256 g/mol. The van der Waals surface area contributed by atoms with E-state index in [0.29, 0.717) is 0 Å². The molecule has 1 amide bonds. The minimum absolute atomic E-state index is 0. The number of carbonyl (C=O) groups is 1. The van der Waals surface area contributed by atoms with E-state index in [1.807, 2.05) is 13.8 Å². The van der Waals surface area contributed by atoms with Gasteiger partial charge in [0.2, 0.25) is 5.91 Å². The van der Waals surface area contributed by atoms with Crippen molar-refractivity contribution >= 4 is 34.8 Å². The van der Waals surface area contributed by atoms with Gasteiger partial charge >= 0.3 is 0 Å². The van der Waals surface area contributed by atoms with Crippen LogP contribution in [0.1, 0.15) is 37.3 Å². The molecule has 1 aromatic heterocycles. The first-order chi connectivity index (χ1) is 7.65. The second-order valence-corrected chi connectivity index (χ2v) is 5.39. The Morgan fingerprint density at radius 2 is 2.06 bits per heavy atom. The van der Waals surface area contributed by atoms with E-state index >= 15 is 0 Å². The lowest BCUT2D eigenvalue weighted by Crippen LogP contribution is -2.08. The Bertz CT molecular complexity index is 412. The first kappa shape index (κ1) is 14.2. The summed E-state index contributed by atoms with van der Waals surface area (Å²) in [7, 11) is 0. The molecular formula is C12H17ClN2OS. The summed E-state index contributed by atoms with van der Waals surface area (Å²) in [4.78, 5) is 17.3. The largest absolute Gasteiger partial charge is 0.298 e. The molecule has 1 aromatic rings. The van der Waals surface area contributed by atoms with Crippen molar-refractivity contribution in [2.75, 3.05) is 5.32 Å². The van der Waals surface area contributed by atoms with Crippen molar-refractivity contribution < 1.29 is 4.79 Å². The molecule has 0 saturated heterocycles. The van der Waals surface area contributed by atoms with Crippen LogP contribution in [-0.2, 0) is 17.6 Å². The Labute approximate surface area is 112 Å². The van der Waals surface area contributed by atoms with E-state index in [2.05, 4.69) is 10.3 Å². The lowest BCUT2D eigenvalue weighted by molar-refractivity contribution is -0.111. The topological polar surface area (TPSA) is 42.0 Å². The van der Waals surface area contributed by atoms with Crippen LogP contribution >= 0.6 is 23.7 Å². The highest BCUT2D eigenvalue weighted by Crippen LogP contribution is 2.29. The number of anilines is 1. The highest BCUT2D eigenvalue weighted by Gasteiger charge is 2.15. The van der Waals surface area contributed by atoms with E-state index in [1.165, 1.54) is 23.4 Å². The third-order valence-electron chi connectivity index (χ3n) is 2.50. The van der Waals surface area contributed by atoms with E-state index < -0.39 is 0 Å². The Morgan fingerprint density at radius 1 is 1.35 bits per heavy atom. The van der Waals surface area contributed by atoms with Gasteiger partial charge in [-0.2, -0.15) is 0 Å². The summed E-state index contributed by atoms with van der Waals surface area (Å²) in [5, 5.41) is 3.57. The average Bonchev–Trinajstić information content (AvgIpc) is 2.57. The van der Waals surface area contributed by atoms with Crippen LogP contribution in [0.4, 0.5) is 5.13 Å². The van der Waals surface area contributed by atoms with Crippen molar-refractivity contribution in [3.8, 4) is 0 Å². The minimum Gasteiger partial charge on any atom is -0.298 e. The fraction of sp³-hybridized carbons (Fsp3) is 0.500. The Hall–Kier alpha value is -0.870. The average molecular weight is 273 g/mol. The number of allylic oxidation sites excluding steroid dienone is 1. The van der Waals surface area contributed by atoms with Gasteiger partial charge in [0.1, 0.15) is 0 Å². The molecule has 0 aliphatic heterocycles. The van der Waals surface area contributed by atoms with Gasteiger partial charge in [0.05, 0.1) is 5.69 Å². The number of hydrogen-bond acceptors (Lipinski definition) is 3. The summed E-state index contributed by atoms with van der Waals surface area (Å²) in [5.41, 5.74) is 2.18. The minimum atomic E-state index is -0.0777. The van der Waals surface area contributed by atoms with Crippen LogP contribution in [0, 0.1) is 0 Å². The molecule has 5 heteroatoms. The van der Waals surface area contributed by atoms with Crippen LogP contribution in [0.15, 0.2) is 11.6 Å². The number of thiazole rings is 1. The lowest BCUT2D eigenvalue weighted by atomic mass is 10.0. The number of aromatic nitrogens is 1. The number of carbonyl (C=O) groups excluding carboxylic acids is 1. The van der Waals surface area contributed by atoms with Crippen LogP contribution < -0.4 is 5.32 Å². The predicted molar refractivity (Wildman–Crippen MR) is 74.1 cm³/mol. The maximum atomic E-state index is 11.5. The maximum absolute atomic E-state index is 11.5. The van der Waals surface area contributed by atoms with Gasteiger partial charge in [-0.25, -0.2) is 4.98 Å². The van der Waals surface area contributed by atoms with Crippen LogP contribution in [0.2, 0.25) is 0 Å². The fourth-order valence-electron chi connectivity index (χ4n) is 1.81. The molecule has 3 nitrogen and oxygen atoms in total. The third-order valence-corrected chi connectivity index (χ3v) is 3.57. The van der Waals surface area contributed by atoms with Crippen molar-refractivity contribution in [3.63, 3.8) is 0 Å². The smallest absolute Gasteiger partial charge is 0.250 e. The third kappa shape index (κ3) is 3.82. The molecule has 94 valence electrons. The Morgan fingerprint density at radius 3 is 2.71 bits per heavy atom. The molecule has 1 aliphatic carbocycles. The summed E-state index contributed by atoms with van der Waals surface area (Å²) < 4.78 is 0. The van der Waals surface area contributed by atoms with Crippen LogP contribution in [0.3, 0.4) is 0 Å². The highest BCUT2D eigenvalue weighted by atomic mass is 35.5. The normalized spacial score (nSPS) is 13.3. The van der Waals surface area contributed by atoms with Crippen molar-refractivity contribution in [2.45, 2.75) is 39.5 Å². The second kappa shape index (κ2) is 6.17. The maximum Gasteiger partial charge on any atom is 0.250 e. The molecule has 0 spiro atoms. The standard InChI is InChI=1S/C12H16N2OS.ClH/c1-8(2)7-11(15)14-12-13-9-5-3-4-6-10(9)16-12;/h7H,3-6H2,1-2H3,(H,13,14,15);1H. The first-order valence-corrected chi connectivity index (χ1v) is 6.41. The summed E-state index contributed by atoms with van der Waals surface area (Å²) in [6, 6.07) is 0. The molecule has 0 saturated carbocycles. The second-order valence-electron chi connectivity index (χ2n) is 4.31. The molecule has 0 bridgehead atoms. The van der Waals surface area contributed by atoms with Gasteiger partial charge in [-0.15, -0.1) is 23.7 Å². The monoisotopic (exact) mass is 272 g/mol. The molecule has 17 heavy (non-hydrogen) atoms. The zero-order valence-corrected chi connectivity index (χ0v) is 11.7. The summed E-state index contributed by atoms with van der Waals surface area (Å²) in [5.74, 6) is -0.0777. The van der Waals surface area contributed by atoms with Gasteiger partial charge in [0.15, 0.2) is 5.13 Å². The van der Waals surface area contributed by atoms with Crippen molar-refractivity contribution in [2.24, 2.45) is 0 Å². The van der Waals surface area contributed by atoms with Gasteiger partial charge in [0, 0.05) is 11.0 Å². The molecule has 2 rings (SSSR count). The van der Waals surface area contributed by atoms with Crippen LogP contribution in [0.25, 0.3) is 0 Å². The number of halogens is 1. The van der Waals surface area contributed by atoms with Gasteiger partial charge in [0.25, 0.3) is 0 Å². The number of amides is 1. The predicted octanol–water partition coefficient (Wildman–Crippen LogP) is 3.35. The van der Waals surface area contributed by atoms with E-state index in [9.17, 15) is 4.79 Å². The lowest BCUT2D eigenvalue weighted by Gasteiger charge is -2.06. The van der Waals surface area contributed by atoms with Gasteiger partial charge in [-0.1, -0.05) is 5.57 Å². The molecule has 0 radical (unpaired) electrons. The van der Waals surface area contributed by atoms with Crippen molar-refractivity contribution in [3.05, 3.63) is 22.2 Å². The number of hydrogen-bond donors (Lipinski definition) is 1. The summed E-state index contributed by atoms with van der Waals surface area (Å²) in [6.45, 7) is 3.82. The zero-order chi connectivity index (χ0) is 11.5. The zero-order valence-electron chi connectivity index (χ0n) is 10.1. The quantitative estimate of drug-likeness (QED) is 0.839. The number of rotatable bonds is 2. The number of aryl methyl sites for hydroxylation is 2. The first-order valence-electron chi connectivity index (χ1n) is 5.59. The SMILES string of the molecule is CC(C)=CC(=O)Nc1nc2c(s1)CCCC2.Cl. The highest BCUT2D eigenvalue weighted by molar-refractivity contribution is 7.15. The van der Waals surface area contributed by atoms with Gasteiger partial charge in [-0.3, -0.25) is 10.1 Å². The molecule has 1 N–H and O–H groups in total. The molecule has 0 aromatic carbocycles.